The molecule has 2 aromatic heterocycles. The summed E-state index contributed by atoms with van der Waals surface area (Å²) in [5.74, 6) is 0. The highest BCUT2D eigenvalue weighted by atomic mass is 35.5. The Morgan fingerprint density at radius 1 is 0.225 bits per heavy atom. The summed E-state index contributed by atoms with van der Waals surface area (Å²) in [5, 5.41) is 14.0. The molecule has 2 heterocycles. The lowest BCUT2D eigenvalue weighted by atomic mass is 9.69. The third-order valence-corrected chi connectivity index (χ3v) is 23.9. The normalized spacial score (nSPS) is 13.1. The molecule has 24 rings (SSSR count). The molecular weight excluding hydrogens is 1370 g/mol. The van der Waals surface area contributed by atoms with E-state index in [9.17, 15) is 0 Å². The second-order valence-electron chi connectivity index (χ2n) is 29.4. The third kappa shape index (κ3) is 9.94. The first-order valence-electron chi connectivity index (χ1n) is 38.0. The van der Waals surface area contributed by atoms with Crippen molar-refractivity contribution in [1.29, 1.82) is 0 Å². The molecule has 0 atom stereocenters. The lowest BCUT2D eigenvalue weighted by molar-refractivity contribution is 0.668. The van der Waals surface area contributed by atoms with Crippen molar-refractivity contribution in [2.45, 2.75) is 10.8 Å². The van der Waals surface area contributed by atoms with Crippen LogP contribution in [0.25, 0.3) is 132 Å². The van der Waals surface area contributed by atoms with Gasteiger partial charge in [0.15, 0.2) is 0 Å². The first kappa shape index (κ1) is 64.2. The number of hydrogen-bond acceptors (Lipinski definition) is 4. The zero-order chi connectivity index (χ0) is 73.3. The van der Waals surface area contributed by atoms with E-state index in [0.717, 1.165) is 77.3 Å². The van der Waals surface area contributed by atoms with E-state index in [-0.39, 0.29) is 5.41 Å². The van der Waals surface area contributed by atoms with E-state index in [2.05, 4.69) is 356 Å². The fourth-order valence-electron chi connectivity index (χ4n) is 19.0. The third-order valence-electron chi connectivity index (χ3n) is 23.7. The van der Waals surface area contributed by atoms with Crippen LogP contribution < -0.4 is 10.2 Å². The average molecular weight is 1440 g/mol. The number of fused-ring (bicyclic) bond motifs is 30. The Morgan fingerprint density at radius 3 is 1.08 bits per heavy atom. The number of rotatable bonds is 7. The van der Waals surface area contributed by atoms with E-state index in [4.69, 9.17) is 20.4 Å². The quantitative estimate of drug-likeness (QED) is 0.173. The zero-order valence-corrected chi connectivity index (χ0v) is 61.0. The maximum Gasteiger partial charge on any atom is 0.135 e. The summed E-state index contributed by atoms with van der Waals surface area (Å²) >= 11 is 6.60. The van der Waals surface area contributed by atoms with Crippen molar-refractivity contribution in [3.63, 3.8) is 0 Å². The predicted octanol–water partition coefficient (Wildman–Crippen LogP) is 29.1. The van der Waals surface area contributed by atoms with Crippen LogP contribution in [0.1, 0.15) is 44.5 Å². The number of hydrogen-bond donors (Lipinski definition) is 1. The van der Waals surface area contributed by atoms with Crippen molar-refractivity contribution in [3.8, 4) is 66.8 Å². The van der Waals surface area contributed by atoms with Crippen LogP contribution in [0.2, 0.25) is 5.02 Å². The molecule has 0 saturated carbocycles. The number of benzene rings is 18. The summed E-state index contributed by atoms with van der Waals surface area (Å²) in [7, 11) is 0. The van der Waals surface area contributed by atoms with E-state index < -0.39 is 5.41 Å². The minimum absolute atomic E-state index is 0.344. The van der Waals surface area contributed by atoms with Gasteiger partial charge < -0.3 is 19.1 Å². The Bertz CT molecular complexity index is 7040. The maximum absolute atomic E-state index is 6.60. The van der Waals surface area contributed by atoms with E-state index in [1.165, 1.54) is 133 Å². The molecule has 4 nitrogen and oxygen atoms in total. The van der Waals surface area contributed by atoms with Crippen LogP contribution in [0.15, 0.2) is 409 Å². The minimum Gasteiger partial charge on any atom is -0.456 e. The van der Waals surface area contributed by atoms with Crippen LogP contribution in [0.5, 0.6) is 0 Å². The molecule has 0 aliphatic heterocycles. The molecule has 520 valence electrons. The number of nitrogens with one attached hydrogen (secondary N) is 1. The highest BCUT2D eigenvalue weighted by Gasteiger charge is 2.54. The topological polar surface area (TPSA) is 41.6 Å². The predicted molar refractivity (Wildman–Crippen MR) is 462 cm³/mol. The Labute approximate surface area is 647 Å². The number of anilines is 5. The lowest BCUT2D eigenvalue weighted by Gasteiger charge is -2.33. The smallest absolute Gasteiger partial charge is 0.135 e. The second-order valence-corrected chi connectivity index (χ2v) is 29.9. The summed E-state index contributed by atoms with van der Waals surface area (Å²) < 4.78 is 12.1. The Kier molecular flexibility index (Phi) is 14.8. The monoisotopic (exact) mass is 1430 g/mol. The molecule has 0 saturated heterocycles. The highest BCUT2D eigenvalue weighted by Crippen LogP contribution is 2.67. The Morgan fingerprint density at radius 2 is 0.577 bits per heavy atom. The van der Waals surface area contributed by atoms with Gasteiger partial charge in [-0.25, -0.2) is 0 Å². The van der Waals surface area contributed by atoms with Crippen LogP contribution in [0.4, 0.5) is 28.4 Å². The number of para-hydroxylation sites is 4. The molecule has 111 heavy (non-hydrogen) atoms. The molecule has 1 N–H and O–H groups in total. The van der Waals surface area contributed by atoms with Gasteiger partial charge in [-0.15, -0.1) is 0 Å². The van der Waals surface area contributed by atoms with Crippen LogP contribution in [0.3, 0.4) is 0 Å². The first-order chi connectivity index (χ1) is 54.9. The van der Waals surface area contributed by atoms with Gasteiger partial charge in [0.25, 0.3) is 0 Å². The Balaban J connectivity index is 0.000000113. The van der Waals surface area contributed by atoms with Crippen molar-refractivity contribution < 1.29 is 8.83 Å². The average Bonchev–Trinajstić information content (AvgIpc) is 1.51. The van der Waals surface area contributed by atoms with Crippen LogP contribution in [-0.2, 0) is 10.8 Å². The van der Waals surface area contributed by atoms with Gasteiger partial charge >= 0.3 is 0 Å². The molecule has 0 fully saturated rings. The van der Waals surface area contributed by atoms with E-state index in [0.29, 0.717) is 0 Å². The second kappa shape index (κ2) is 25.6. The number of furan rings is 2. The zero-order valence-electron chi connectivity index (χ0n) is 60.2. The van der Waals surface area contributed by atoms with Crippen LogP contribution >= 0.6 is 11.6 Å². The summed E-state index contributed by atoms with van der Waals surface area (Å²) in [5.41, 5.74) is 34.4. The molecule has 0 bridgehead atoms. The largest absolute Gasteiger partial charge is 0.456 e. The molecule has 0 unspecified atom stereocenters. The molecule has 20 aromatic rings. The van der Waals surface area contributed by atoms with Gasteiger partial charge in [-0.1, -0.05) is 303 Å². The lowest BCUT2D eigenvalue weighted by Crippen LogP contribution is -2.26. The summed E-state index contributed by atoms with van der Waals surface area (Å²) in [6.07, 6.45) is 0. The van der Waals surface area contributed by atoms with E-state index >= 15 is 0 Å². The van der Waals surface area contributed by atoms with Gasteiger partial charge in [0.05, 0.1) is 10.8 Å². The van der Waals surface area contributed by atoms with Gasteiger partial charge in [0.2, 0.25) is 0 Å². The molecule has 2 spiro atoms. The number of nitrogens with zero attached hydrogens (tertiary/aromatic N) is 1. The summed E-state index contributed by atoms with van der Waals surface area (Å²) in [6, 6.07) is 144. The minimum atomic E-state index is -0.461. The fraction of sp³-hybridized carbons (Fsp3) is 0.0189. The van der Waals surface area contributed by atoms with Crippen molar-refractivity contribution >= 4 is 105 Å². The summed E-state index contributed by atoms with van der Waals surface area (Å²) in [6.45, 7) is 0. The van der Waals surface area contributed by atoms with Crippen molar-refractivity contribution in [1.82, 2.24) is 0 Å². The van der Waals surface area contributed by atoms with Crippen LogP contribution in [-0.4, -0.2) is 0 Å². The number of halogens is 1. The van der Waals surface area contributed by atoms with Gasteiger partial charge in [-0.2, -0.15) is 0 Å². The Hall–Kier alpha value is -14.0. The SMILES string of the molecule is Clc1ccc2c(c1)C1(c3ccccc3-c3ccccc31)c1c-2ccc2ccccc12.c1ccc(N(c2ccc(-c3ccc4oc5ccccc5c4c3)cc2)c2ccc3c(c2)C2(c4ccccc4-c4ccccc42)c2c-3ccc3ccccc23)cc1.c1ccc(Nc2ccc(-c3ccc4oc5ccccc5c4c3)cc2)cc1. The maximum atomic E-state index is 6.60. The standard InChI is InChI=1S/C53H33NO.C29H17Cl.C24H17NO/c1-2-13-37(14-3-1)54(38-26-22-34(23-27-38)36-25-31-51-46(32-36)44-18-8-11-21-50(44)55-51)39-28-30-43-45-29-24-35-12-4-5-15-40(35)52(45)53(49(43)33-39)47-19-9-6-16-41(47)42-17-7-10-20-48(42)53;30-19-14-16-23-24-15-13-18-7-1-2-8-20(18)28(24)29(27(23)17-19)25-11-5-3-9-21(25)22-10-4-6-12-26(22)29;1-2-6-19(7-3-1)25-20-13-10-17(11-14-20)18-12-15-24-22(16-18)21-8-4-5-9-23(21)26-24/h1-33H;1-17H;1-16,25H. The van der Waals surface area contributed by atoms with Crippen molar-refractivity contribution in [3.05, 3.63) is 450 Å². The first-order valence-corrected chi connectivity index (χ1v) is 38.4. The fourth-order valence-corrected chi connectivity index (χ4v) is 19.2. The van der Waals surface area contributed by atoms with Crippen molar-refractivity contribution in [2.24, 2.45) is 0 Å². The van der Waals surface area contributed by atoms with E-state index in [1.807, 2.05) is 54.6 Å². The van der Waals surface area contributed by atoms with Crippen LogP contribution in [0, 0.1) is 0 Å². The molecule has 4 aliphatic rings. The summed E-state index contributed by atoms with van der Waals surface area (Å²) in [4.78, 5) is 2.40. The van der Waals surface area contributed by atoms with Gasteiger partial charge in [0, 0.05) is 55.0 Å². The molecular formula is C106H67ClN2O2. The highest BCUT2D eigenvalue weighted by molar-refractivity contribution is 6.31. The molecule has 4 aliphatic carbocycles. The molecule has 0 amide bonds. The van der Waals surface area contributed by atoms with Crippen molar-refractivity contribution in [2.75, 3.05) is 10.2 Å². The molecule has 18 aromatic carbocycles. The molecule has 0 radical (unpaired) electrons. The molecule has 5 heteroatoms. The van der Waals surface area contributed by atoms with Gasteiger partial charge in [-0.05, 0) is 242 Å². The van der Waals surface area contributed by atoms with Gasteiger partial charge in [0.1, 0.15) is 22.3 Å². The van der Waals surface area contributed by atoms with Gasteiger partial charge in [-0.3, -0.25) is 0 Å². The van der Waals surface area contributed by atoms with E-state index in [1.54, 1.807) is 0 Å².